The summed E-state index contributed by atoms with van der Waals surface area (Å²) < 4.78 is 1.84. The minimum absolute atomic E-state index is 0.0726. The summed E-state index contributed by atoms with van der Waals surface area (Å²) in [4.78, 5) is 16.7. The average Bonchev–Trinajstić information content (AvgIpc) is 2.62. The molecule has 0 spiro atoms. The molecular weight excluding hydrogens is 252 g/mol. The summed E-state index contributed by atoms with van der Waals surface area (Å²) in [5, 5.41) is 2.27. The molecule has 68 valence electrons. The molecule has 0 aromatic carbocycles. The van der Waals surface area contributed by atoms with Crippen LogP contribution in [0.2, 0.25) is 0 Å². The van der Waals surface area contributed by atoms with Crippen molar-refractivity contribution in [3.05, 3.63) is 23.0 Å². The number of aryl methyl sites for hydroxylation is 1. The van der Waals surface area contributed by atoms with Gasteiger partial charge in [-0.1, -0.05) is 15.9 Å². The van der Waals surface area contributed by atoms with Crippen LogP contribution < -0.4 is 0 Å². The van der Waals surface area contributed by atoms with E-state index in [0.29, 0.717) is 11.0 Å². The lowest BCUT2D eigenvalue weighted by atomic mass is 10.2. The lowest BCUT2D eigenvalue weighted by Gasteiger charge is -1.94. The van der Waals surface area contributed by atoms with E-state index in [1.54, 1.807) is 0 Å². The molecule has 0 saturated carbocycles. The van der Waals surface area contributed by atoms with Crippen molar-refractivity contribution in [2.24, 2.45) is 0 Å². The van der Waals surface area contributed by atoms with Gasteiger partial charge in [-0.05, 0) is 6.92 Å². The molecule has 0 aliphatic rings. The van der Waals surface area contributed by atoms with E-state index in [1.165, 1.54) is 11.3 Å². The average molecular weight is 259 g/mol. The van der Waals surface area contributed by atoms with Gasteiger partial charge in [0, 0.05) is 11.6 Å². The van der Waals surface area contributed by atoms with Crippen molar-refractivity contribution in [2.45, 2.75) is 6.92 Å². The Morgan fingerprint density at radius 1 is 1.77 bits per heavy atom. The van der Waals surface area contributed by atoms with E-state index in [9.17, 15) is 4.79 Å². The number of imidazole rings is 1. The van der Waals surface area contributed by atoms with Crippen LogP contribution in [0.3, 0.4) is 0 Å². The Kier molecular flexibility index (Phi) is 2.21. The highest BCUT2D eigenvalue weighted by Crippen LogP contribution is 2.17. The van der Waals surface area contributed by atoms with Crippen LogP contribution in [0, 0.1) is 6.92 Å². The number of fused-ring (bicyclic) bond motifs is 1. The van der Waals surface area contributed by atoms with Gasteiger partial charge in [-0.25, -0.2) is 4.98 Å². The van der Waals surface area contributed by atoms with Crippen LogP contribution in [-0.4, -0.2) is 20.5 Å². The summed E-state index contributed by atoms with van der Waals surface area (Å²) in [5.74, 6) is 0.0726. The van der Waals surface area contributed by atoms with Gasteiger partial charge in [-0.15, -0.1) is 11.3 Å². The third-order valence-electron chi connectivity index (χ3n) is 1.82. The van der Waals surface area contributed by atoms with E-state index < -0.39 is 0 Å². The number of aromatic nitrogens is 2. The van der Waals surface area contributed by atoms with Gasteiger partial charge in [0.1, 0.15) is 5.69 Å². The molecule has 0 N–H and O–H groups in total. The minimum atomic E-state index is 0.0726. The normalized spacial score (nSPS) is 10.9. The topological polar surface area (TPSA) is 34.4 Å². The maximum absolute atomic E-state index is 11.5. The fourth-order valence-corrected chi connectivity index (χ4v) is 2.32. The van der Waals surface area contributed by atoms with Crippen LogP contribution in [0.5, 0.6) is 0 Å². The molecule has 0 aliphatic heterocycles. The number of ketones is 1. The van der Waals surface area contributed by atoms with E-state index >= 15 is 0 Å². The number of nitrogens with zero attached hydrogens (tertiary/aromatic N) is 2. The highest BCUT2D eigenvalue weighted by atomic mass is 79.9. The third kappa shape index (κ3) is 1.32. The zero-order valence-corrected chi connectivity index (χ0v) is 9.35. The van der Waals surface area contributed by atoms with Gasteiger partial charge < -0.3 is 0 Å². The van der Waals surface area contributed by atoms with E-state index in [1.807, 2.05) is 22.9 Å². The predicted octanol–water partition coefficient (Wildman–Crippen LogP) is 2.28. The van der Waals surface area contributed by atoms with Crippen molar-refractivity contribution in [3.63, 3.8) is 0 Å². The molecule has 0 atom stereocenters. The number of Topliss-reactive ketones (excluding diaryl/α,β-unsaturated/α-hetero) is 1. The lowest BCUT2D eigenvalue weighted by molar-refractivity contribution is 0.101. The smallest absolute Gasteiger partial charge is 0.194 e. The molecule has 2 aromatic rings. The van der Waals surface area contributed by atoms with Gasteiger partial charge in [0.25, 0.3) is 0 Å². The van der Waals surface area contributed by atoms with E-state index in [-0.39, 0.29) is 5.78 Å². The summed E-state index contributed by atoms with van der Waals surface area (Å²) in [7, 11) is 0. The van der Waals surface area contributed by atoms with Crippen LogP contribution in [0.4, 0.5) is 0 Å². The zero-order valence-electron chi connectivity index (χ0n) is 6.95. The van der Waals surface area contributed by atoms with Crippen molar-refractivity contribution in [1.29, 1.82) is 0 Å². The Labute approximate surface area is 87.5 Å². The molecule has 2 heterocycles. The number of carbonyl (C=O) groups is 1. The summed E-state index contributed by atoms with van der Waals surface area (Å²) in [6, 6.07) is 0. The summed E-state index contributed by atoms with van der Waals surface area (Å²) >= 11 is 4.69. The molecule has 0 saturated heterocycles. The maximum Gasteiger partial charge on any atom is 0.194 e. The van der Waals surface area contributed by atoms with Crippen LogP contribution in [0.1, 0.15) is 16.2 Å². The second-order valence-corrected chi connectivity index (χ2v) is 4.09. The van der Waals surface area contributed by atoms with Crippen molar-refractivity contribution >= 4 is 38.0 Å². The fraction of sp³-hybridized carbons (Fsp3) is 0.250. The first kappa shape index (κ1) is 8.90. The summed E-state index contributed by atoms with van der Waals surface area (Å²) in [6.45, 7) is 1.86. The van der Waals surface area contributed by atoms with Crippen molar-refractivity contribution in [1.82, 2.24) is 9.38 Å². The molecule has 2 rings (SSSR count). The summed E-state index contributed by atoms with van der Waals surface area (Å²) in [5.41, 5.74) is 1.49. The van der Waals surface area contributed by atoms with Crippen LogP contribution in [-0.2, 0) is 0 Å². The lowest BCUT2D eigenvalue weighted by Crippen LogP contribution is -2.05. The first-order valence-electron chi connectivity index (χ1n) is 3.75. The van der Waals surface area contributed by atoms with E-state index in [4.69, 9.17) is 0 Å². The number of carbonyl (C=O) groups excluding carboxylic acids is 1. The monoisotopic (exact) mass is 258 g/mol. The molecular formula is C8H7BrN2OS. The Bertz CT molecular complexity index is 460. The molecule has 0 fully saturated rings. The standard InChI is InChI=1S/C8H7BrN2OS/c1-5-7(6(12)4-9)11-2-3-13-8(11)10-5/h2-3H,4H2,1H3. The van der Waals surface area contributed by atoms with Crippen LogP contribution in [0.25, 0.3) is 4.96 Å². The van der Waals surface area contributed by atoms with Crippen LogP contribution >= 0.6 is 27.3 Å². The number of hydrogen-bond acceptors (Lipinski definition) is 3. The highest BCUT2D eigenvalue weighted by Gasteiger charge is 2.15. The molecule has 0 aliphatic carbocycles. The molecule has 0 radical (unpaired) electrons. The van der Waals surface area contributed by atoms with Crippen LogP contribution in [0.15, 0.2) is 11.6 Å². The molecule has 13 heavy (non-hydrogen) atoms. The quantitative estimate of drug-likeness (QED) is 0.612. The Balaban J connectivity index is 2.70. The molecule has 0 bridgehead atoms. The molecule has 2 aromatic heterocycles. The SMILES string of the molecule is Cc1nc2sccn2c1C(=O)CBr. The highest BCUT2D eigenvalue weighted by molar-refractivity contribution is 9.09. The van der Waals surface area contributed by atoms with Crippen molar-refractivity contribution in [3.8, 4) is 0 Å². The zero-order chi connectivity index (χ0) is 9.42. The van der Waals surface area contributed by atoms with Gasteiger partial charge in [0.15, 0.2) is 10.7 Å². The molecule has 5 heteroatoms. The Morgan fingerprint density at radius 2 is 2.54 bits per heavy atom. The van der Waals surface area contributed by atoms with Crippen molar-refractivity contribution < 1.29 is 4.79 Å². The Hall–Kier alpha value is -0.680. The van der Waals surface area contributed by atoms with Gasteiger partial charge in [-0.3, -0.25) is 9.20 Å². The summed E-state index contributed by atoms with van der Waals surface area (Å²) in [6.07, 6.45) is 1.87. The van der Waals surface area contributed by atoms with Crippen molar-refractivity contribution in [2.75, 3.05) is 5.33 Å². The van der Waals surface area contributed by atoms with Gasteiger partial charge in [-0.2, -0.15) is 0 Å². The van der Waals surface area contributed by atoms with E-state index in [2.05, 4.69) is 20.9 Å². The number of halogens is 1. The predicted molar refractivity (Wildman–Crippen MR) is 55.9 cm³/mol. The molecule has 3 nitrogen and oxygen atoms in total. The third-order valence-corrected chi connectivity index (χ3v) is 3.09. The largest absolute Gasteiger partial charge is 0.291 e. The second-order valence-electron chi connectivity index (χ2n) is 2.66. The molecule has 0 unspecified atom stereocenters. The van der Waals surface area contributed by atoms with E-state index in [0.717, 1.165) is 10.7 Å². The maximum atomic E-state index is 11.5. The fourth-order valence-electron chi connectivity index (χ4n) is 1.29. The number of alkyl halides is 1. The number of rotatable bonds is 2. The van der Waals surface area contributed by atoms with Gasteiger partial charge in [0.05, 0.1) is 11.0 Å². The number of hydrogen-bond donors (Lipinski definition) is 0. The molecule has 0 amide bonds. The first-order valence-corrected chi connectivity index (χ1v) is 5.75. The van der Waals surface area contributed by atoms with Gasteiger partial charge >= 0.3 is 0 Å². The van der Waals surface area contributed by atoms with Gasteiger partial charge in [0.2, 0.25) is 0 Å². The Morgan fingerprint density at radius 3 is 3.23 bits per heavy atom. The second kappa shape index (κ2) is 3.23. The minimum Gasteiger partial charge on any atom is -0.291 e. The first-order chi connectivity index (χ1) is 6.24. The number of thiazole rings is 1.